The van der Waals surface area contributed by atoms with E-state index in [-0.39, 0.29) is 23.0 Å². The van der Waals surface area contributed by atoms with Gasteiger partial charge >= 0.3 is 0 Å². The first-order chi connectivity index (χ1) is 14.9. The van der Waals surface area contributed by atoms with Gasteiger partial charge in [0.1, 0.15) is 0 Å². The van der Waals surface area contributed by atoms with Crippen molar-refractivity contribution < 1.29 is 12.6 Å². The van der Waals surface area contributed by atoms with Crippen LogP contribution in [0.15, 0.2) is 89.8 Å². The van der Waals surface area contributed by atoms with E-state index in [0.29, 0.717) is 6.42 Å². The summed E-state index contributed by atoms with van der Waals surface area (Å²) < 4.78 is 31.3. The second-order valence-corrected chi connectivity index (χ2v) is 9.96. The SMILES string of the molecule is Cc1ccc(S(=O)(=O)OC2CCN(C(c3ccccc3)c3ccccc3)CC2C)cc1. The Bertz CT molecular complexity index is 1040. The van der Waals surface area contributed by atoms with E-state index in [0.717, 1.165) is 18.7 Å². The molecule has 3 aromatic carbocycles. The zero-order valence-electron chi connectivity index (χ0n) is 18.0. The first-order valence-electron chi connectivity index (χ1n) is 10.8. The predicted octanol–water partition coefficient (Wildman–Crippen LogP) is 5.20. The van der Waals surface area contributed by atoms with E-state index in [1.165, 1.54) is 11.1 Å². The second-order valence-electron chi connectivity index (χ2n) is 8.39. The van der Waals surface area contributed by atoms with Crippen molar-refractivity contribution in [3.8, 4) is 0 Å². The Hall–Kier alpha value is -2.47. The number of rotatable bonds is 6. The normalized spacial score (nSPS) is 20.1. The highest BCUT2D eigenvalue weighted by atomic mass is 32.2. The first kappa shape index (κ1) is 21.8. The third-order valence-electron chi connectivity index (χ3n) is 6.01. The van der Waals surface area contributed by atoms with Crippen molar-refractivity contribution in [3.63, 3.8) is 0 Å². The molecule has 1 aliphatic rings. The minimum Gasteiger partial charge on any atom is -0.292 e. The smallest absolute Gasteiger partial charge is 0.292 e. The van der Waals surface area contributed by atoms with Gasteiger partial charge in [-0.3, -0.25) is 9.08 Å². The summed E-state index contributed by atoms with van der Waals surface area (Å²) in [5.74, 6) is 0.0869. The van der Waals surface area contributed by atoms with E-state index in [1.807, 2.05) is 19.1 Å². The second kappa shape index (κ2) is 9.35. The summed E-state index contributed by atoms with van der Waals surface area (Å²) in [5.41, 5.74) is 3.51. The standard InChI is InChI=1S/C26H29NO3S/c1-20-13-15-24(16-14-20)31(28,29)30-25-17-18-27(19-21(25)2)26(22-9-5-3-6-10-22)23-11-7-4-8-12-23/h3-16,21,25-26H,17-19H2,1-2H3. The summed E-state index contributed by atoms with van der Waals surface area (Å²) in [5, 5.41) is 0. The monoisotopic (exact) mass is 435 g/mol. The number of benzene rings is 3. The van der Waals surface area contributed by atoms with Crippen LogP contribution in [0.3, 0.4) is 0 Å². The van der Waals surface area contributed by atoms with Crippen LogP contribution in [0.5, 0.6) is 0 Å². The minimum atomic E-state index is -3.77. The van der Waals surface area contributed by atoms with E-state index in [9.17, 15) is 8.42 Å². The molecule has 0 radical (unpaired) electrons. The molecule has 0 aliphatic carbocycles. The molecule has 1 saturated heterocycles. The molecule has 2 atom stereocenters. The molecule has 5 heteroatoms. The lowest BCUT2D eigenvalue weighted by Gasteiger charge is -2.41. The Morgan fingerprint density at radius 3 is 1.94 bits per heavy atom. The fourth-order valence-corrected chi connectivity index (χ4v) is 5.53. The van der Waals surface area contributed by atoms with E-state index in [4.69, 9.17) is 4.18 Å². The number of nitrogens with zero attached hydrogens (tertiary/aromatic N) is 1. The summed E-state index contributed by atoms with van der Waals surface area (Å²) in [7, 11) is -3.77. The number of aryl methyl sites for hydroxylation is 1. The van der Waals surface area contributed by atoms with Gasteiger partial charge in [0.25, 0.3) is 10.1 Å². The zero-order valence-corrected chi connectivity index (χ0v) is 18.8. The first-order valence-corrected chi connectivity index (χ1v) is 12.2. The molecule has 31 heavy (non-hydrogen) atoms. The number of hydrogen-bond acceptors (Lipinski definition) is 4. The van der Waals surface area contributed by atoms with Gasteiger partial charge < -0.3 is 0 Å². The molecule has 2 unspecified atom stereocenters. The van der Waals surface area contributed by atoms with Crippen LogP contribution >= 0.6 is 0 Å². The maximum absolute atomic E-state index is 12.8. The molecule has 0 amide bonds. The van der Waals surface area contributed by atoms with Gasteiger partial charge in [0, 0.05) is 13.1 Å². The summed E-state index contributed by atoms with van der Waals surface area (Å²) >= 11 is 0. The largest absolute Gasteiger partial charge is 0.297 e. The molecule has 3 aromatic rings. The maximum atomic E-state index is 12.8. The van der Waals surface area contributed by atoms with Gasteiger partial charge in [-0.2, -0.15) is 8.42 Å². The molecule has 1 aliphatic heterocycles. The molecule has 1 heterocycles. The third kappa shape index (κ3) is 5.06. The van der Waals surface area contributed by atoms with Gasteiger partial charge in [-0.1, -0.05) is 85.3 Å². The number of hydrogen-bond donors (Lipinski definition) is 0. The van der Waals surface area contributed by atoms with E-state index >= 15 is 0 Å². The average molecular weight is 436 g/mol. The minimum absolute atomic E-state index is 0.0869. The van der Waals surface area contributed by atoms with E-state index in [2.05, 4.69) is 60.4 Å². The van der Waals surface area contributed by atoms with E-state index < -0.39 is 10.1 Å². The van der Waals surface area contributed by atoms with Crippen LogP contribution in [-0.4, -0.2) is 32.5 Å². The zero-order chi connectivity index (χ0) is 21.8. The van der Waals surface area contributed by atoms with Crippen LogP contribution in [0, 0.1) is 12.8 Å². The predicted molar refractivity (Wildman–Crippen MR) is 123 cm³/mol. The Morgan fingerprint density at radius 2 is 1.42 bits per heavy atom. The number of likely N-dealkylation sites (tertiary alicyclic amines) is 1. The van der Waals surface area contributed by atoms with Crippen molar-refractivity contribution in [1.29, 1.82) is 0 Å². The van der Waals surface area contributed by atoms with Gasteiger partial charge in [-0.25, -0.2) is 0 Å². The molecule has 4 rings (SSSR count). The highest BCUT2D eigenvalue weighted by molar-refractivity contribution is 7.86. The third-order valence-corrected chi connectivity index (χ3v) is 7.36. The van der Waals surface area contributed by atoms with Gasteiger partial charge in [0.15, 0.2) is 0 Å². The fourth-order valence-electron chi connectivity index (χ4n) is 4.34. The van der Waals surface area contributed by atoms with Gasteiger partial charge in [0.05, 0.1) is 17.0 Å². The van der Waals surface area contributed by atoms with Gasteiger partial charge in [0.2, 0.25) is 0 Å². The maximum Gasteiger partial charge on any atom is 0.297 e. The lowest BCUT2D eigenvalue weighted by atomic mass is 9.91. The summed E-state index contributed by atoms with van der Waals surface area (Å²) in [6, 6.07) is 27.9. The molecule has 1 fully saturated rings. The average Bonchev–Trinajstić information content (AvgIpc) is 2.77. The molecule has 4 nitrogen and oxygen atoms in total. The molecule has 162 valence electrons. The van der Waals surface area contributed by atoms with Crippen LogP contribution in [0.2, 0.25) is 0 Å². The lowest BCUT2D eigenvalue weighted by molar-refractivity contribution is 0.0431. The van der Waals surface area contributed by atoms with Crippen LogP contribution < -0.4 is 0 Å². The molecule has 0 bridgehead atoms. The molecule has 0 N–H and O–H groups in total. The Morgan fingerprint density at radius 1 is 0.871 bits per heavy atom. The van der Waals surface area contributed by atoms with E-state index in [1.54, 1.807) is 24.3 Å². The molecular formula is C26H29NO3S. The van der Waals surface area contributed by atoms with Gasteiger partial charge in [-0.15, -0.1) is 0 Å². The van der Waals surface area contributed by atoms with Crippen molar-refractivity contribution in [3.05, 3.63) is 102 Å². The summed E-state index contributed by atoms with van der Waals surface area (Å²) in [6.07, 6.45) is 0.345. The Balaban J connectivity index is 1.51. The van der Waals surface area contributed by atoms with Crippen molar-refractivity contribution >= 4 is 10.1 Å². The Kier molecular flexibility index (Phi) is 6.56. The van der Waals surface area contributed by atoms with Crippen molar-refractivity contribution in [1.82, 2.24) is 4.90 Å². The number of piperidine rings is 1. The fraction of sp³-hybridized carbons (Fsp3) is 0.308. The lowest BCUT2D eigenvalue weighted by Crippen LogP contribution is -2.45. The quantitative estimate of drug-likeness (QED) is 0.499. The topological polar surface area (TPSA) is 46.6 Å². The summed E-state index contributed by atoms with van der Waals surface area (Å²) in [6.45, 7) is 5.55. The summed E-state index contributed by atoms with van der Waals surface area (Å²) in [4.78, 5) is 2.66. The van der Waals surface area contributed by atoms with Crippen LogP contribution in [0.25, 0.3) is 0 Å². The highest BCUT2D eigenvalue weighted by Crippen LogP contribution is 2.34. The van der Waals surface area contributed by atoms with Crippen LogP contribution in [-0.2, 0) is 14.3 Å². The highest BCUT2D eigenvalue weighted by Gasteiger charge is 2.34. The Labute approximate surface area is 185 Å². The molecule has 0 saturated carbocycles. The molecule has 0 aromatic heterocycles. The van der Waals surface area contributed by atoms with Crippen molar-refractivity contribution in [2.45, 2.75) is 37.3 Å². The van der Waals surface area contributed by atoms with Crippen molar-refractivity contribution in [2.75, 3.05) is 13.1 Å². The van der Waals surface area contributed by atoms with Crippen molar-refractivity contribution in [2.24, 2.45) is 5.92 Å². The van der Waals surface area contributed by atoms with Gasteiger partial charge in [-0.05, 0) is 42.5 Å². The molecule has 0 spiro atoms. The van der Waals surface area contributed by atoms with Crippen LogP contribution in [0.1, 0.15) is 36.1 Å². The molecular weight excluding hydrogens is 406 g/mol. The van der Waals surface area contributed by atoms with Crippen LogP contribution in [0.4, 0.5) is 0 Å².